The Bertz CT molecular complexity index is 393. The van der Waals surface area contributed by atoms with E-state index in [0.29, 0.717) is 6.42 Å². The van der Waals surface area contributed by atoms with Crippen LogP contribution in [0.1, 0.15) is 42.6 Å². The Balaban J connectivity index is 2.69. The fourth-order valence-corrected chi connectivity index (χ4v) is 2.64. The van der Waals surface area contributed by atoms with Crippen molar-refractivity contribution in [3.63, 3.8) is 0 Å². The number of rotatable bonds is 0. The predicted octanol–water partition coefficient (Wildman–Crippen LogP) is 3.70. The van der Waals surface area contributed by atoms with Crippen LogP contribution in [0.15, 0.2) is 22.7 Å². The van der Waals surface area contributed by atoms with Gasteiger partial charge < -0.3 is 0 Å². The summed E-state index contributed by atoms with van der Waals surface area (Å²) < 4.78 is 0.938. The van der Waals surface area contributed by atoms with E-state index >= 15 is 0 Å². The van der Waals surface area contributed by atoms with Crippen LogP contribution in [0.25, 0.3) is 0 Å². The van der Waals surface area contributed by atoms with E-state index < -0.39 is 0 Å². The van der Waals surface area contributed by atoms with E-state index in [2.05, 4.69) is 35.8 Å². The van der Waals surface area contributed by atoms with Crippen LogP contribution in [-0.2, 0) is 5.41 Å². The average molecular weight is 253 g/mol. The van der Waals surface area contributed by atoms with Crippen molar-refractivity contribution in [2.45, 2.75) is 32.1 Å². The first-order chi connectivity index (χ1) is 6.52. The molecule has 0 aromatic heterocycles. The highest BCUT2D eigenvalue weighted by atomic mass is 79.9. The molecule has 0 heterocycles. The second-order valence-electron chi connectivity index (χ2n) is 4.47. The molecule has 2 rings (SSSR count). The summed E-state index contributed by atoms with van der Waals surface area (Å²) in [5.41, 5.74) is 2.21. The molecule has 0 saturated heterocycles. The van der Waals surface area contributed by atoms with Gasteiger partial charge in [0.25, 0.3) is 0 Å². The summed E-state index contributed by atoms with van der Waals surface area (Å²) >= 11 is 3.45. The Morgan fingerprint density at radius 3 is 2.71 bits per heavy atom. The smallest absolute Gasteiger partial charge is 0.164 e. The highest BCUT2D eigenvalue weighted by Gasteiger charge is 2.32. The number of Topliss-reactive ketones (excluding diaryl/α,β-unsaturated/α-hetero) is 1. The Hall–Kier alpha value is -0.630. The Labute approximate surface area is 92.6 Å². The van der Waals surface area contributed by atoms with Gasteiger partial charge in [0.15, 0.2) is 5.78 Å². The molecule has 0 saturated carbocycles. The van der Waals surface area contributed by atoms with Gasteiger partial charge in [-0.25, -0.2) is 0 Å². The molecule has 0 bridgehead atoms. The summed E-state index contributed by atoms with van der Waals surface area (Å²) in [6.45, 7) is 4.40. The number of carbonyl (C=O) groups is 1. The fourth-order valence-electron chi connectivity index (χ4n) is 2.06. The molecule has 0 amide bonds. The van der Waals surface area contributed by atoms with Crippen LogP contribution in [0.3, 0.4) is 0 Å². The van der Waals surface area contributed by atoms with Crippen molar-refractivity contribution in [3.05, 3.63) is 33.8 Å². The molecule has 0 N–H and O–H groups in total. The van der Waals surface area contributed by atoms with E-state index in [1.54, 1.807) is 0 Å². The zero-order valence-electron chi connectivity index (χ0n) is 8.43. The van der Waals surface area contributed by atoms with Crippen LogP contribution in [0.2, 0.25) is 0 Å². The first-order valence-electron chi connectivity index (χ1n) is 4.84. The van der Waals surface area contributed by atoms with Crippen LogP contribution in [-0.4, -0.2) is 5.78 Å². The molecule has 1 aliphatic carbocycles. The summed E-state index contributed by atoms with van der Waals surface area (Å²) in [4.78, 5) is 11.8. The quantitative estimate of drug-likeness (QED) is 0.688. The third-order valence-corrected chi connectivity index (χ3v) is 3.66. The number of ketones is 1. The van der Waals surface area contributed by atoms with Gasteiger partial charge in [-0.1, -0.05) is 41.9 Å². The van der Waals surface area contributed by atoms with Crippen LogP contribution >= 0.6 is 15.9 Å². The first kappa shape index (κ1) is 9.91. The standard InChI is InChI=1S/C12H13BrO/c1-12(2)7-6-10(14)11-8(12)4-3-5-9(11)13/h3-5H,6-7H2,1-2H3. The number of benzene rings is 1. The molecule has 1 aromatic carbocycles. The van der Waals surface area contributed by atoms with E-state index in [1.807, 2.05) is 12.1 Å². The minimum Gasteiger partial charge on any atom is -0.294 e. The van der Waals surface area contributed by atoms with Crippen molar-refractivity contribution in [1.29, 1.82) is 0 Å². The lowest BCUT2D eigenvalue weighted by molar-refractivity contribution is 0.0956. The average Bonchev–Trinajstić information content (AvgIpc) is 2.12. The molecular formula is C12H13BrO. The lowest BCUT2D eigenvalue weighted by Crippen LogP contribution is -2.27. The van der Waals surface area contributed by atoms with Gasteiger partial charge >= 0.3 is 0 Å². The Kier molecular flexibility index (Phi) is 2.26. The molecule has 2 heteroatoms. The van der Waals surface area contributed by atoms with Crippen molar-refractivity contribution < 1.29 is 4.79 Å². The van der Waals surface area contributed by atoms with E-state index in [-0.39, 0.29) is 11.2 Å². The maximum Gasteiger partial charge on any atom is 0.164 e. The van der Waals surface area contributed by atoms with Gasteiger partial charge in [0, 0.05) is 16.5 Å². The van der Waals surface area contributed by atoms with E-state index in [1.165, 1.54) is 5.56 Å². The monoisotopic (exact) mass is 252 g/mol. The molecule has 0 spiro atoms. The van der Waals surface area contributed by atoms with Crippen molar-refractivity contribution in [2.24, 2.45) is 0 Å². The summed E-state index contributed by atoms with van der Waals surface area (Å²) in [7, 11) is 0. The van der Waals surface area contributed by atoms with Crippen LogP contribution in [0.4, 0.5) is 0 Å². The van der Waals surface area contributed by atoms with Gasteiger partial charge in [0.05, 0.1) is 0 Å². The predicted molar refractivity (Wildman–Crippen MR) is 60.7 cm³/mol. The normalized spacial score (nSPS) is 19.2. The Morgan fingerprint density at radius 2 is 2.07 bits per heavy atom. The maximum absolute atomic E-state index is 11.8. The summed E-state index contributed by atoms with van der Waals surface area (Å²) in [6.07, 6.45) is 1.62. The number of halogens is 1. The third-order valence-electron chi connectivity index (χ3n) is 3.00. The van der Waals surface area contributed by atoms with Crippen molar-refractivity contribution in [1.82, 2.24) is 0 Å². The number of hydrogen-bond donors (Lipinski definition) is 0. The molecule has 0 radical (unpaired) electrons. The topological polar surface area (TPSA) is 17.1 Å². The highest BCUT2D eigenvalue weighted by molar-refractivity contribution is 9.10. The van der Waals surface area contributed by atoms with E-state index in [4.69, 9.17) is 0 Å². The number of fused-ring (bicyclic) bond motifs is 1. The van der Waals surface area contributed by atoms with E-state index in [9.17, 15) is 4.79 Å². The second kappa shape index (κ2) is 3.20. The van der Waals surface area contributed by atoms with Gasteiger partial charge in [-0.3, -0.25) is 4.79 Å². The van der Waals surface area contributed by atoms with Crippen molar-refractivity contribution in [2.75, 3.05) is 0 Å². The summed E-state index contributed by atoms with van der Waals surface area (Å²) in [6, 6.07) is 6.01. The molecule has 74 valence electrons. The van der Waals surface area contributed by atoms with Gasteiger partial charge in [0.2, 0.25) is 0 Å². The zero-order chi connectivity index (χ0) is 10.3. The third kappa shape index (κ3) is 1.42. The lowest BCUT2D eigenvalue weighted by atomic mass is 9.72. The largest absolute Gasteiger partial charge is 0.294 e. The molecule has 0 aliphatic heterocycles. The molecule has 0 atom stereocenters. The molecule has 14 heavy (non-hydrogen) atoms. The van der Waals surface area contributed by atoms with Gasteiger partial charge in [-0.05, 0) is 23.5 Å². The van der Waals surface area contributed by atoms with Gasteiger partial charge in [-0.15, -0.1) is 0 Å². The van der Waals surface area contributed by atoms with E-state index in [0.717, 1.165) is 16.5 Å². The number of hydrogen-bond acceptors (Lipinski definition) is 1. The fraction of sp³-hybridized carbons (Fsp3) is 0.417. The zero-order valence-corrected chi connectivity index (χ0v) is 10.0. The van der Waals surface area contributed by atoms with Gasteiger partial charge in [0.1, 0.15) is 0 Å². The molecule has 1 aliphatic rings. The van der Waals surface area contributed by atoms with Crippen molar-refractivity contribution in [3.8, 4) is 0 Å². The van der Waals surface area contributed by atoms with Crippen LogP contribution in [0, 0.1) is 0 Å². The highest BCUT2D eigenvalue weighted by Crippen LogP contribution is 2.39. The molecular weight excluding hydrogens is 240 g/mol. The summed E-state index contributed by atoms with van der Waals surface area (Å²) in [5.74, 6) is 0.270. The molecule has 1 aromatic rings. The molecule has 0 unspecified atom stereocenters. The minimum absolute atomic E-state index is 0.132. The van der Waals surface area contributed by atoms with Gasteiger partial charge in [-0.2, -0.15) is 0 Å². The number of carbonyl (C=O) groups excluding carboxylic acids is 1. The lowest BCUT2D eigenvalue weighted by Gasteiger charge is -2.32. The molecule has 1 nitrogen and oxygen atoms in total. The molecule has 0 fully saturated rings. The summed E-state index contributed by atoms with van der Waals surface area (Å²) in [5, 5.41) is 0. The SMILES string of the molecule is CC1(C)CCC(=O)c2c(Br)cccc21. The van der Waals surface area contributed by atoms with Crippen molar-refractivity contribution >= 4 is 21.7 Å². The Morgan fingerprint density at radius 1 is 1.36 bits per heavy atom. The van der Waals surface area contributed by atoms with Crippen LogP contribution in [0.5, 0.6) is 0 Å². The second-order valence-corrected chi connectivity index (χ2v) is 5.32. The van der Waals surface area contributed by atoms with Crippen LogP contribution < -0.4 is 0 Å². The first-order valence-corrected chi connectivity index (χ1v) is 5.64. The maximum atomic E-state index is 11.8. The minimum atomic E-state index is 0.132.